The third kappa shape index (κ3) is 3.84. The summed E-state index contributed by atoms with van der Waals surface area (Å²) in [4.78, 5) is 10.1. The van der Waals surface area contributed by atoms with E-state index in [1.807, 2.05) is 13.8 Å². The van der Waals surface area contributed by atoms with Crippen LogP contribution >= 0.6 is 0 Å². The van der Waals surface area contributed by atoms with E-state index < -0.39 is 22.9 Å². The maximum atomic E-state index is 12.4. The molecule has 0 N–H and O–H groups in total. The Bertz CT molecular complexity index is 472. The van der Waals surface area contributed by atoms with Crippen LogP contribution in [0.5, 0.6) is 5.75 Å². The fourth-order valence-electron chi connectivity index (χ4n) is 1.39. The largest absolute Gasteiger partial charge is 0.474 e. The second-order valence-electron chi connectivity index (χ2n) is 4.44. The Morgan fingerprint density at radius 3 is 2.26 bits per heavy atom. The van der Waals surface area contributed by atoms with Crippen LogP contribution in [0, 0.1) is 10.1 Å². The van der Waals surface area contributed by atoms with Crippen molar-refractivity contribution in [2.75, 3.05) is 0 Å². The Balaban J connectivity index is 3.11. The minimum atomic E-state index is -4.56. The number of nitro benzene ring substituents is 1. The molecule has 0 aliphatic heterocycles. The van der Waals surface area contributed by atoms with Gasteiger partial charge in [-0.05, 0) is 24.5 Å². The summed E-state index contributed by atoms with van der Waals surface area (Å²) < 4.78 is 41.8. The molecule has 1 rings (SSSR count). The summed E-state index contributed by atoms with van der Waals surface area (Å²) in [5, 5.41) is 10.9. The van der Waals surface area contributed by atoms with E-state index in [4.69, 9.17) is 0 Å². The molecule has 1 aromatic rings. The smallest absolute Gasteiger partial charge is 0.425 e. The van der Waals surface area contributed by atoms with Gasteiger partial charge in [-0.25, -0.2) is 0 Å². The summed E-state index contributed by atoms with van der Waals surface area (Å²) >= 11 is 0. The molecular weight excluding hydrogens is 263 g/mol. The first-order valence-corrected chi connectivity index (χ1v) is 5.64. The molecule has 0 saturated heterocycles. The Hall–Kier alpha value is -1.79. The van der Waals surface area contributed by atoms with E-state index in [0.717, 1.165) is 6.92 Å². The SMILES string of the molecule is CC(C)c1ccc(OC(C)C(F)(F)F)c([N+](=O)[O-])c1. The van der Waals surface area contributed by atoms with Gasteiger partial charge in [0.2, 0.25) is 0 Å². The minimum Gasteiger partial charge on any atom is -0.474 e. The predicted octanol–water partition coefficient (Wildman–Crippen LogP) is 4.05. The molecule has 0 radical (unpaired) electrons. The molecule has 0 amide bonds. The number of ether oxygens (including phenoxy) is 1. The summed E-state index contributed by atoms with van der Waals surface area (Å²) in [7, 11) is 0. The van der Waals surface area contributed by atoms with Crippen LogP contribution in [0.1, 0.15) is 32.3 Å². The fourth-order valence-corrected chi connectivity index (χ4v) is 1.39. The van der Waals surface area contributed by atoms with Crippen LogP contribution in [-0.2, 0) is 0 Å². The third-order valence-electron chi connectivity index (χ3n) is 2.61. The van der Waals surface area contributed by atoms with Gasteiger partial charge in [-0.3, -0.25) is 10.1 Å². The lowest BCUT2D eigenvalue weighted by Crippen LogP contribution is -2.31. The summed E-state index contributed by atoms with van der Waals surface area (Å²) in [6.07, 6.45) is -6.67. The maximum Gasteiger partial charge on any atom is 0.425 e. The van der Waals surface area contributed by atoms with E-state index in [1.165, 1.54) is 18.2 Å². The molecule has 106 valence electrons. The minimum absolute atomic E-state index is 0.0350. The van der Waals surface area contributed by atoms with Gasteiger partial charge in [0.25, 0.3) is 0 Å². The number of hydrogen-bond donors (Lipinski definition) is 0. The normalized spacial score (nSPS) is 13.4. The van der Waals surface area contributed by atoms with Crippen LogP contribution in [0.4, 0.5) is 18.9 Å². The number of nitro groups is 1. The lowest BCUT2D eigenvalue weighted by molar-refractivity contribution is -0.386. The van der Waals surface area contributed by atoms with Crippen molar-refractivity contribution >= 4 is 5.69 Å². The van der Waals surface area contributed by atoms with Gasteiger partial charge in [-0.15, -0.1) is 0 Å². The molecule has 0 fully saturated rings. The zero-order valence-electron chi connectivity index (χ0n) is 10.7. The highest BCUT2D eigenvalue weighted by atomic mass is 19.4. The number of halogens is 3. The molecule has 1 unspecified atom stereocenters. The van der Waals surface area contributed by atoms with Crippen LogP contribution in [0.2, 0.25) is 0 Å². The first-order chi connectivity index (χ1) is 8.62. The fraction of sp³-hybridized carbons (Fsp3) is 0.500. The van der Waals surface area contributed by atoms with Gasteiger partial charge in [-0.2, -0.15) is 13.2 Å². The lowest BCUT2D eigenvalue weighted by Gasteiger charge is -2.18. The van der Waals surface area contributed by atoms with E-state index in [-0.39, 0.29) is 11.7 Å². The van der Waals surface area contributed by atoms with Crippen molar-refractivity contribution in [3.8, 4) is 5.75 Å². The highest BCUT2D eigenvalue weighted by Gasteiger charge is 2.39. The number of hydrogen-bond acceptors (Lipinski definition) is 3. The molecule has 0 saturated carbocycles. The van der Waals surface area contributed by atoms with Gasteiger partial charge in [0.15, 0.2) is 11.9 Å². The van der Waals surface area contributed by atoms with Crippen molar-refractivity contribution in [1.82, 2.24) is 0 Å². The molecule has 0 spiro atoms. The zero-order chi connectivity index (χ0) is 14.8. The Kier molecular flexibility index (Phi) is 4.39. The molecular formula is C12H14F3NO3. The highest BCUT2D eigenvalue weighted by Crippen LogP contribution is 2.33. The number of rotatable bonds is 4. The predicted molar refractivity (Wildman–Crippen MR) is 63.3 cm³/mol. The van der Waals surface area contributed by atoms with E-state index in [9.17, 15) is 23.3 Å². The summed E-state index contributed by atoms with van der Waals surface area (Å²) in [6.45, 7) is 4.47. The first kappa shape index (κ1) is 15.3. The highest BCUT2D eigenvalue weighted by molar-refractivity contribution is 5.49. The summed E-state index contributed by atoms with van der Waals surface area (Å²) in [5.41, 5.74) is 0.209. The van der Waals surface area contributed by atoms with Gasteiger partial charge in [0.1, 0.15) is 0 Å². The number of benzene rings is 1. The molecule has 0 aromatic heterocycles. The van der Waals surface area contributed by atoms with Gasteiger partial charge >= 0.3 is 11.9 Å². The molecule has 4 nitrogen and oxygen atoms in total. The van der Waals surface area contributed by atoms with Gasteiger partial charge in [0.05, 0.1) is 4.92 Å². The first-order valence-electron chi connectivity index (χ1n) is 5.64. The number of nitrogens with zero attached hydrogens (tertiary/aromatic N) is 1. The topological polar surface area (TPSA) is 52.4 Å². The third-order valence-corrected chi connectivity index (χ3v) is 2.61. The van der Waals surface area contributed by atoms with Gasteiger partial charge in [-0.1, -0.05) is 19.9 Å². The molecule has 0 aliphatic carbocycles. The van der Waals surface area contributed by atoms with Crippen molar-refractivity contribution in [3.63, 3.8) is 0 Å². The molecule has 0 bridgehead atoms. The van der Waals surface area contributed by atoms with Crippen LogP contribution in [0.15, 0.2) is 18.2 Å². The van der Waals surface area contributed by atoms with Crippen LogP contribution < -0.4 is 4.74 Å². The molecule has 7 heteroatoms. The van der Waals surface area contributed by atoms with E-state index in [2.05, 4.69) is 4.74 Å². The van der Waals surface area contributed by atoms with Crippen molar-refractivity contribution in [2.24, 2.45) is 0 Å². The lowest BCUT2D eigenvalue weighted by atomic mass is 10.0. The van der Waals surface area contributed by atoms with Crippen molar-refractivity contribution in [3.05, 3.63) is 33.9 Å². The molecule has 1 atom stereocenters. The van der Waals surface area contributed by atoms with Crippen LogP contribution in [0.3, 0.4) is 0 Å². The van der Waals surface area contributed by atoms with Crippen LogP contribution in [0.25, 0.3) is 0 Å². The standard InChI is InChI=1S/C12H14F3NO3/c1-7(2)9-4-5-11(10(6-9)16(17)18)19-8(3)12(13,14)15/h4-8H,1-3H3. The molecule has 19 heavy (non-hydrogen) atoms. The maximum absolute atomic E-state index is 12.4. The van der Waals surface area contributed by atoms with E-state index in [0.29, 0.717) is 5.56 Å². The van der Waals surface area contributed by atoms with Crippen LogP contribution in [-0.4, -0.2) is 17.2 Å². The Morgan fingerprint density at radius 2 is 1.84 bits per heavy atom. The van der Waals surface area contributed by atoms with Crippen molar-refractivity contribution < 1.29 is 22.8 Å². The summed E-state index contributed by atoms with van der Waals surface area (Å²) in [6, 6.07) is 3.97. The van der Waals surface area contributed by atoms with E-state index in [1.54, 1.807) is 0 Å². The Labute approximate surface area is 108 Å². The molecule has 1 aromatic carbocycles. The van der Waals surface area contributed by atoms with Gasteiger partial charge < -0.3 is 4.74 Å². The molecule has 0 heterocycles. The van der Waals surface area contributed by atoms with Gasteiger partial charge in [0, 0.05) is 6.07 Å². The monoisotopic (exact) mass is 277 g/mol. The molecule has 0 aliphatic rings. The summed E-state index contributed by atoms with van der Waals surface area (Å²) in [5.74, 6) is -0.341. The zero-order valence-corrected chi connectivity index (χ0v) is 10.7. The quantitative estimate of drug-likeness (QED) is 0.616. The van der Waals surface area contributed by atoms with E-state index >= 15 is 0 Å². The second-order valence-corrected chi connectivity index (χ2v) is 4.44. The Morgan fingerprint density at radius 1 is 1.26 bits per heavy atom. The average molecular weight is 277 g/mol. The van der Waals surface area contributed by atoms with Crippen molar-refractivity contribution in [1.29, 1.82) is 0 Å². The average Bonchev–Trinajstić information content (AvgIpc) is 2.27. The second kappa shape index (κ2) is 5.46. The van der Waals surface area contributed by atoms with Crippen molar-refractivity contribution in [2.45, 2.75) is 39.0 Å². The number of alkyl halides is 3.